The molecule has 0 bridgehead atoms. The molecule has 5 heteroatoms. The summed E-state index contributed by atoms with van der Waals surface area (Å²) < 4.78 is 11.1. The molecule has 0 aromatic carbocycles. The van der Waals surface area contributed by atoms with Gasteiger partial charge in [0, 0.05) is 22.5 Å². The topological polar surface area (TPSA) is 79.9 Å². The van der Waals surface area contributed by atoms with Gasteiger partial charge in [-0.1, -0.05) is 32.1 Å². The highest BCUT2D eigenvalue weighted by Crippen LogP contribution is 2.64. The van der Waals surface area contributed by atoms with Gasteiger partial charge in [-0.25, -0.2) is 4.79 Å². The Labute approximate surface area is 147 Å². The van der Waals surface area contributed by atoms with E-state index in [1.807, 2.05) is 12.1 Å². The van der Waals surface area contributed by atoms with Crippen molar-refractivity contribution in [1.82, 2.24) is 0 Å². The fourth-order valence-electron chi connectivity index (χ4n) is 5.51. The molecule has 3 aliphatic rings. The largest absolute Gasteiger partial charge is 0.478 e. The maximum atomic E-state index is 11.8. The monoisotopic (exact) mass is 344 g/mol. The van der Waals surface area contributed by atoms with Crippen molar-refractivity contribution in [2.75, 3.05) is 0 Å². The Kier molecular flexibility index (Phi) is 3.71. The van der Waals surface area contributed by atoms with E-state index in [0.29, 0.717) is 5.57 Å². The number of rotatable bonds is 2. The van der Waals surface area contributed by atoms with Gasteiger partial charge in [-0.3, -0.25) is 0 Å². The Balaban J connectivity index is 1.74. The van der Waals surface area contributed by atoms with Crippen LogP contribution in [-0.4, -0.2) is 22.5 Å². The van der Waals surface area contributed by atoms with Crippen molar-refractivity contribution in [3.63, 3.8) is 0 Å². The molecule has 2 fully saturated rings. The van der Waals surface area contributed by atoms with Crippen LogP contribution >= 0.6 is 0 Å². The lowest BCUT2D eigenvalue weighted by Crippen LogP contribution is -2.56. The maximum absolute atomic E-state index is 11.8. The van der Waals surface area contributed by atoms with E-state index < -0.39 is 17.7 Å². The number of ether oxygens (including phenoxy) is 1. The number of aliphatic carboxylic acids is 1. The zero-order valence-electron chi connectivity index (χ0n) is 14.5. The molecule has 0 amide bonds. The molecule has 5 nitrogen and oxygen atoms in total. The molecule has 2 aliphatic carbocycles. The molecule has 0 radical (unpaired) electrons. The van der Waals surface area contributed by atoms with Gasteiger partial charge in [0.2, 0.25) is 0 Å². The molecule has 2 N–H and O–H groups in total. The van der Waals surface area contributed by atoms with Gasteiger partial charge in [-0.05, 0) is 36.7 Å². The third-order valence-corrected chi connectivity index (χ3v) is 6.82. The number of aliphatic hydroxyl groups is 1. The Morgan fingerprint density at radius 2 is 2.16 bits per heavy atom. The molecule has 1 saturated heterocycles. The van der Waals surface area contributed by atoms with E-state index in [1.54, 1.807) is 18.6 Å². The van der Waals surface area contributed by atoms with Crippen LogP contribution in [0.15, 0.2) is 46.8 Å². The van der Waals surface area contributed by atoms with Crippen LogP contribution in [0.1, 0.15) is 44.8 Å². The van der Waals surface area contributed by atoms with Crippen LogP contribution in [0.2, 0.25) is 0 Å². The van der Waals surface area contributed by atoms with Gasteiger partial charge in [0.1, 0.15) is 0 Å². The molecule has 0 spiro atoms. The van der Waals surface area contributed by atoms with Crippen molar-refractivity contribution in [2.45, 2.75) is 45.5 Å². The van der Waals surface area contributed by atoms with Crippen LogP contribution in [-0.2, 0) is 9.53 Å². The molecule has 2 heterocycles. The van der Waals surface area contributed by atoms with Gasteiger partial charge in [0.15, 0.2) is 6.29 Å². The number of carbonyl (C=O) groups is 1. The van der Waals surface area contributed by atoms with Gasteiger partial charge >= 0.3 is 5.97 Å². The predicted octanol–water partition coefficient (Wildman–Crippen LogP) is 3.68. The van der Waals surface area contributed by atoms with Crippen LogP contribution in [0.4, 0.5) is 0 Å². The number of fused-ring (bicyclic) bond motifs is 3. The summed E-state index contributed by atoms with van der Waals surface area (Å²) in [6.45, 7) is 4.23. The number of hydrogen-bond donors (Lipinski definition) is 2. The third kappa shape index (κ3) is 2.33. The van der Waals surface area contributed by atoms with E-state index in [9.17, 15) is 15.0 Å². The van der Waals surface area contributed by atoms with Crippen molar-refractivity contribution >= 4 is 5.97 Å². The molecule has 1 aromatic heterocycles. The average molecular weight is 344 g/mol. The summed E-state index contributed by atoms with van der Waals surface area (Å²) in [6, 6.07) is 1.86. The minimum Gasteiger partial charge on any atom is -0.478 e. The third-order valence-electron chi connectivity index (χ3n) is 6.82. The second-order valence-corrected chi connectivity index (χ2v) is 8.09. The van der Waals surface area contributed by atoms with Crippen LogP contribution in [0.3, 0.4) is 0 Å². The lowest BCUT2D eigenvalue weighted by atomic mass is 9.47. The minimum absolute atomic E-state index is 0.00785. The van der Waals surface area contributed by atoms with Crippen LogP contribution < -0.4 is 0 Å². The fourth-order valence-corrected chi connectivity index (χ4v) is 5.51. The Hall–Kier alpha value is -1.85. The standard InChI is InChI=1S/C20H24O5/c1-19-8-6-14-18(23)25-15(12-7-9-24-11-12)10-20(14,2)16(19)5-3-4-13(19)17(21)22/h3-5,7,9,11,14-16,18,23H,6,8,10H2,1-2H3,(H,21,22)/t14-,15-,16+,18-,19+,20+/m1/s1. The van der Waals surface area contributed by atoms with Crippen molar-refractivity contribution < 1.29 is 24.2 Å². The molecular formula is C20H24O5. The van der Waals surface area contributed by atoms with Crippen LogP contribution in [0.25, 0.3) is 0 Å². The number of hydrogen-bond acceptors (Lipinski definition) is 4. The van der Waals surface area contributed by atoms with E-state index in [-0.39, 0.29) is 23.4 Å². The first-order valence-electron chi connectivity index (χ1n) is 8.84. The van der Waals surface area contributed by atoms with Gasteiger partial charge in [0.25, 0.3) is 0 Å². The highest BCUT2D eigenvalue weighted by atomic mass is 16.6. The fraction of sp³-hybridized carbons (Fsp3) is 0.550. The molecule has 25 heavy (non-hydrogen) atoms. The second kappa shape index (κ2) is 5.58. The molecule has 0 unspecified atom stereocenters. The quantitative estimate of drug-likeness (QED) is 0.855. The van der Waals surface area contributed by atoms with E-state index >= 15 is 0 Å². The maximum Gasteiger partial charge on any atom is 0.332 e. The minimum atomic E-state index is -0.851. The van der Waals surface area contributed by atoms with E-state index in [0.717, 1.165) is 24.8 Å². The smallest absolute Gasteiger partial charge is 0.332 e. The van der Waals surface area contributed by atoms with Crippen molar-refractivity contribution in [1.29, 1.82) is 0 Å². The van der Waals surface area contributed by atoms with Crippen molar-refractivity contribution in [3.05, 3.63) is 48.0 Å². The summed E-state index contributed by atoms with van der Waals surface area (Å²) in [6.07, 6.45) is 10.1. The number of carboxylic acids is 1. The van der Waals surface area contributed by atoms with Crippen molar-refractivity contribution in [3.8, 4) is 0 Å². The molecule has 1 aliphatic heterocycles. The Bertz CT molecular complexity index is 733. The molecule has 6 atom stereocenters. The highest BCUT2D eigenvalue weighted by Gasteiger charge is 2.60. The first-order valence-corrected chi connectivity index (χ1v) is 8.84. The summed E-state index contributed by atoms with van der Waals surface area (Å²) in [4.78, 5) is 11.8. The Morgan fingerprint density at radius 1 is 1.36 bits per heavy atom. The highest BCUT2D eigenvalue weighted by molar-refractivity contribution is 5.89. The summed E-state index contributed by atoms with van der Waals surface area (Å²) in [7, 11) is 0. The van der Waals surface area contributed by atoms with Gasteiger partial charge in [0.05, 0.1) is 18.6 Å². The van der Waals surface area contributed by atoms with Gasteiger partial charge in [-0.15, -0.1) is 0 Å². The number of furan rings is 1. The second-order valence-electron chi connectivity index (χ2n) is 8.09. The first kappa shape index (κ1) is 16.6. The van der Waals surface area contributed by atoms with Gasteiger partial charge < -0.3 is 19.4 Å². The molecule has 1 saturated carbocycles. The SMILES string of the molecule is C[C@]12C[C@H](c3ccoc3)O[C@@H](O)[C@H]1CC[C@@]1(C)C(C(=O)O)=CC=C[C@H]21. The van der Waals surface area contributed by atoms with E-state index in [2.05, 4.69) is 19.9 Å². The lowest BCUT2D eigenvalue weighted by molar-refractivity contribution is -0.261. The summed E-state index contributed by atoms with van der Waals surface area (Å²) in [5, 5.41) is 20.4. The number of allylic oxidation sites excluding steroid dienone is 3. The summed E-state index contributed by atoms with van der Waals surface area (Å²) in [5.41, 5.74) is 0.711. The zero-order chi connectivity index (χ0) is 17.8. The number of aliphatic hydroxyl groups excluding tert-OH is 1. The Morgan fingerprint density at radius 3 is 2.84 bits per heavy atom. The van der Waals surface area contributed by atoms with Crippen molar-refractivity contribution in [2.24, 2.45) is 22.7 Å². The lowest BCUT2D eigenvalue weighted by Gasteiger charge is -2.60. The summed E-state index contributed by atoms with van der Waals surface area (Å²) >= 11 is 0. The van der Waals surface area contributed by atoms with E-state index in [1.165, 1.54) is 0 Å². The molecule has 4 rings (SSSR count). The predicted molar refractivity (Wildman–Crippen MR) is 90.4 cm³/mol. The first-order chi connectivity index (χ1) is 11.9. The molecule has 134 valence electrons. The average Bonchev–Trinajstić information content (AvgIpc) is 3.07. The van der Waals surface area contributed by atoms with Crippen LogP contribution in [0, 0.1) is 22.7 Å². The van der Waals surface area contributed by atoms with Crippen LogP contribution in [0.5, 0.6) is 0 Å². The van der Waals surface area contributed by atoms with E-state index in [4.69, 9.17) is 9.15 Å². The molecular weight excluding hydrogens is 320 g/mol. The zero-order valence-corrected chi connectivity index (χ0v) is 14.5. The molecule has 1 aromatic rings. The van der Waals surface area contributed by atoms with Gasteiger partial charge in [-0.2, -0.15) is 0 Å². The summed E-state index contributed by atoms with van der Waals surface area (Å²) in [5.74, 6) is -0.813. The number of carboxylic acid groups (broad SMARTS) is 1. The normalized spacial score (nSPS) is 43.1.